The number of nitrogens with zero attached hydrogens (tertiary/aromatic N) is 4. The minimum Gasteiger partial charge on any atom is -0.396 e. The molecule has 8 heteroatoms. The Hall–Kier alpha value is -2.87. The maximum atomic E-state index is 14.3. The molecule has 152 valence electrons. The van der Waals surface area contributed by atoms with Crippen LogP contribution >= 0.6 is 0 Å². The first-order valence-electron chi connectivity index (χ1n) is 9.68. The van der Waals surface area contributed by atoms with E-state index in [1.807, 2.05) is 4.90 Å². The van der Waals surface area contributed by atoms with Crippen LogP contribution in [0, 0.1) is 17.6 Å². The summed E-state index contributed by atoms with van der Waals surface area (Å²) in [4.78, 5) is 19.1. The zero-order chi connectivity index (χ0) is 20.5. The van der Waals surface area contributed by atoms with Crippen molar-refractivity contribution in [3.05, 3.63) is 59.4 Å². The minimum absolute atomic E-state index is 0.0711. The van der Waals surface area contributed by atoms with E-state index in [9.17, 15) is 18.7 Å². The van der Waals surface area contributed by atoms with Gasteiger partial charge in [-0.1, -0.05) is 6.92 Å². The number of Topliss-reactive ketones (excluding diaryl/α,β-unsaturated/α-hetero) is 1. The Bertz CT molecular complexity index is 1050. The Balaban J connectivity index is 1.69. The molecule has 0 unspecified atom stereocenters. The number of aliphatic hydroxyl groups is 1. The number of rotatable bonds is 6. The second kappa shape index (κ2) is 7.87. The fraction of sp³-hybridized carbons (Fsp3) is 0.381. The second-order valence-corrected chi connectivity index (χ2v) is 7.54. The Morgan fingerprint density at radius 1 is 1.34 bits per heavy atom. The summed E-state index contributed by atoms with van der Waals surface area (Å²) in [6, 6.07) is 4.94. The van der Waals surface area contributed by atoms with Crippen molar-refractivity contribution in [1.29, 1.82) is 0 Å². The third-order valence-corrected chi connectivity index (χ3v) is 5.36. The zero-order valence-corrected chi connectivity index (χ0v) is 16.1. The Labute approximate surface area is 166 Å². The quantitative estimate of drug-likeness (QED) is 0.641. The summed E-state index contributed by atoms with van der Waals surface area (Å²) in [7, 11) is 0. The zero-order valence-electron chi connectivity index (χ0n) is 16.1. The fourth-order valence-electron chi connectivity index (χ4n) is 3.84. The van der Waals surface area contributed by atoms with Crippen LogP contribution in [-0.4, -0.2) is 38.6 Å². The van der Waals surface area contributed by atoms with Crippen LogP contribution in [-0.2, 0) is 0 Å². The average molecular weight is 400 g/mol. The number of benzene rings is 1. The lowest BCUT2D eigenvalue weighted by Crippen LogP contribution is -2.24. The topological polar surface area (TPSA) is 70.7 Å². The van der Waals surface area contributed by atoms with Gasteiger partial charge < -0.3 is 10.0 Å². The Morgan fingerprint density at radius 2 is 2.17 bits per heavy atom. The molecule has 29 heavy (non-hydrogen) atoms. The van der Waals surface area contributed by atoms with Gasteiger partial charge in [-0.2, -0.15) is 5.10 Å². The monoisotopic (exact) mass is 400 g/mol. The summed E-state index contributed by atoms with van der Waals surface area (Å²) in [6.07, 6.45) is 4.90. The van der Waals surface area contributed by atoms with Crippen molar-refractivity contribution < 1.29 is 18.7 Å². The molecule has 0 spiro atoms. The van der Waals surface area contributed by atoms with Gasteiger partial charge in [-0.15, -0.1) is 0 Å². The van der Waals surface area contributed by atoms with Crippen molar-refractivity contribution in [2.24, 2.45) is 5.92 Å². The molecule has 2 aromatic heterocycles. The number of hydrogen-bond acceptors (Lipinski definition) is 5. The van der Waals surface area contributed by atoms with E-state index in [-0.39, 0.29) is 30.8 Å². The summed E-state index contributed by atoms with van der Waals surface area (Å²) in [6.45, 7) is 2.38. The molecule has 0 aliphatic carbocycles. The van der Waals surface area contributed by atoms with Crippen LogP contribution in [0.3, 0.4) is 0 Å². The highest BCUT2D eigenvalue weighted by Gasteiger charge is 2.30. The number of hydrogen-bond donors (Lipinski definition) is 1. The van der Waals surface area contributed by atoms with Crippen LogP contribution < -0.4 is 4.90 Å². The number of aromatic nitrogens is 3. The molecule has 1 saturated heterocycles. The summed E-state index contributed by atoms with van der Waals surface area (Å²) < 4.78 is 29.6. The number of ketones is 1. The van der Waals surface area contributed by atoms with Gasteiger partial charge in [0.2, 0.25) is 0 Å². The highest BCUT2D eigenvalue weighted by atomic mass is 19.1. The van der Waals surface area contributed by atoms with Crippen molar-refractivity contribution in [3.63, 3.8) is 0 Å². The van der Waals surface area contributed by atoms with E-state index in [4.69, 9.17) is 0 Å². The third kappa shape index (κ3) is 3.72. The molecule has 1 fully saturated rings. The molecule has 1 aliphatic rings. The number of carbonyl (C=O) groups excluding carboxylic acids is 1. The van der Waals surface area contributed by atoms with Gasteiger partial charge in [0.05, 0.1) is 17.8 Å². The van der Waals surface area contributed by atoms with Crippen molar-refractivity contribution in [2.45, 2.75) is 32.2 Å². The molecule has 0 amide bonds. The van der Waals surface area contributed by atoms with Crippen LogP contribution in [0.25, 0.3) is 5.65 Å². The maximum absolute atomic E-state index is 14.3. The van der Waals surface area contributed by atoms with Gasteiger partial charge in [0.1, 0.15) is 17.5 Å². The lowest BCUT2D eigenvalue weighted by Gasteiger charge is -2.26. The average Bonchev–Trinajstić information content (AvgIpc) is 3.36. The Morgan fingerprint density at radius 3 is 2.97 bits per heavy atom. The molecule has 3 heterocycles. The molecular formula is C21H22F2N4O2. The first-order valence-corrected chi connectivity index (χ1v) is 9.68. The maximum Gasteiger partial charge on any atom is 0.168 e. The van der Waals surface area contributed by atoms with Gasteiger partial charge in [-0.25, -0.2) is 18.3 Å². The first-order chi connectivity index (χ1) is 14.0. The highest BCUT2D eigenvalue weighted by Crippen LogP contribution is 2.36. The number of aliphatic hydroxyl groups excluding tert-OH is 1. The van der Waals surface area contributed by atoms with Gasteiger partial charge in [0, 0.05) is 31.3 Å². The van der Waals surface area contributed by atoms with E-state index in [1.165, 1.54) is 16.8 Å². The summed E-state index contributed by atoms with van der Waals surface area (Å²) in [5.41, 5.74) is 1.12. The van der Waals surface area contributed by atoms with E-state index < -0.39 is 11.6 Å². The van der Waals surface area contributed by atoms with Crippen LogP contribution in [0.4, 0.5) is 14.6 Å². The van der Waals surface area contributed by atoms with Gasteiger partial charge in [-0.05, 0) is 43.0 Å². The summed E-state index contributed by atoms with van der Waals surface area (Å²) in [5, 5.41) is 13.4. The predicted octanol–water partition coefficient (Wildman–Crippen LogP) is 3.55. The summed E-state index contributed by atoms with van der Waals surface area (Å²) in [5.74, 6) is -0.616. The second-order valence-electron chi connectivity index (χ2n) is 7.54. The van der Waals surface area contributed by atoms with Crippen LogP contribution in [0.5, 0.6) is 0 Å². The van der Waals surface area contributed by atoms with Crippen LogP contribution in [0.2, 0.25) is 0 Å². The van der Waals surface area contributed by atoms with E-state index in [1.54, 1.807) is 19.2 Å². The number of carbonyl (C=O) groups is 1. The van der Waals surface area contributed by atoms with Gasteiger partial charge in [-0.3, -0.25) is 4.79 Å². The molecule has 2 atom stereocenters. The Kier molecular flexibility index (Phi) is 5.27. The van der Waals surface area contributed by atoms with Gasteiger partial charge in [0.25, 0.3) is 0 Å². The highest BCUT2D eigenvalue weighted by molar-refractivity contribution is 6.01. The lowest BCUT2D eigenvalue weighted by molar-refractivity contribution is 0.0945. The SMILES string of the molecule is C[C@@H](CO)CC(=O)c1cnn2ccc(N3CCC[C@@H]3c3cc(F)ccc3F)nc12. The molecule has 1 N–H and O–H groups in total. The van der Waals surface area contributed by atoms with E-state index in [0.717, 1.165) is 18.6 Å². The largest absolute Gasteiger partial charge is 0.396 e. The molecule has 4 rings (SSSR count). The predicted molar refractivity (Wildman–Crippen MR) is 104 cm³/mol. The van der Waals surface area contributed by atoms with E-state index >= 15 is 0 Å². The number of halogens is 2. The molecule has 0 saturated carbocycles. The van der Waals surface area contributed by atoms with Crippen molar-refractivity contribution in [3.8, 4) is 0 Å². The van der Waals surface area contributed by atoms with Crippen LogP contribution in [0.15, 0.2) is 36.7 Å². The third-order valence-electron chi connectivity index (χ3n) is 5.36. The molecule has 1 aromatic carbocycles. The van der Waals surface area contributed by atoms with Gasteiger partial charge >= 0.3 is 0 Å². The molecule has 0 bridgehead atoms. The fourth-order valence-corrected chi connectivity index (χ4v) is 3.84. The van der Waals surface area contributed by atoms with Crippen molar-refractivity contribution in [2.75, 3.05) is 18.1 Å². The van der Waals surface area contributed by atoms with E-state index in [2.05, 4.69) is 10.1 Å². The standard InChI is InChI=1S/C21H22F2N4O2/c1-13(12-28)9-19(29)16-11-24-27-8-6-20(25-21(16)27)26-7-2-3-18(26)15-10-14(22)4-5-17(15)23/h4-6,8,10-11,13,18,28H,2-3,7,9,12H2,1H3/t13-,18-/m1/s1. The minimum atomic E-state index is -0.474. The van der Waals surface area contributed by atoms with Crippen LogP contribution in [0.1, 0.15) is 48.1 Å². The van der Waals surface area contributed by atoms with Crippen molar-refractivity contribution >= 4 is 17.2 Å². The van der Waals surface area contributed by atoms with Crippen molar-refractivity contribution in [1.82, 2.24) is 14.6 Å². The molecular weight excluding hydrogens is 378 g/mol. The first kappa shape index (κ1) is 19.4. The molecule has 3 aromatic rings. The molecule has 1 aliphatic heterocycles. The molecule has 6 nitrogen and oxygen atoms in total. The normalized spacial score (nSPS) is 17.8. The smallest absolute Gasteiger partial charge is 0.168 e. The summed E-state index contributed by atoms with van der Waals surface area (Å²) >= 11 is 0. The lowest BCUT2D eigenvalue weighted by atomic mass is 10.0. The van der Waals surface area contributed by atoms with E-state index in [0.29, 0.717) is 35.6 Å². The van der Waals surface area contributed by atoms with Gasteiger partial charge in [0.15, 0.2) is 11.4 Å². The molecule has 0 radical (unpaired) electrons. The number of fused-ring (bicyclic) bond motifs is 1. The number of anilines is 1.